The van der Waals surface area contributed by atoms with Crippen molar-refractivity contribution in [1.29, 1.82) is 0 Å². The van der Waals surface area contributed by atoms with E-state index in [4.69, 9.17) is 9.52 Å². The number of amides is 1. The van der Waals surface area contributed by atoms with Crippen molar-refractivity contribution in [2.75, 3.05) is 12.9 Å². The number of nitrogens with zero attached hydrogens (tertiary/aromatic N) is 1. The highest BCUT2D eigenvalue weighted by molar-refractivity contribution is 7.99. The van der Waals surface area contributed by atoms with E-state index >= 15 is 0 Å². The molecule has 0 aliphatic rings. The van der Waals surface area contributed by atoms with Gasteiger partial charge in [0.15, 0.2) is 5.76 Å². The molecule has 0 saturated heterocycles. The second-order valence-electron chi connectivity index (χ2n) is 3.61. The number of nitrogens with one attached hydrogen (secondary N) is 1. The lowest BCUT2D eigenvalue weighted by Gasteiger charge is -2.20. The minimum Gasteiger partial charge on any atom is -0.395 e. The second-order valence-corrected chi connectivity index (χ2v) is 4.69. The molecule has 0 bridgehead atoms. The van der Waals surface area contributed by atoms with Crippen LogP contribution in [-0.2, 0) is 0 Å². The Labute approximate surface area is 108 Å². The summed E-state index contributed by atoms with van der Waals surface area (Å²) in [7, 11) is 0. The molecule has 1 rings (SSSR count). The van der Waals surface area contributed by atoms with Crippen LogP contribution in [0.2, 0.25) is 0 Å². The van der Waals surface area contributed by atoms with Crippen molar-refractivity contribution in [2.45, 2.75) is 18.2 Å². The van der Waals surface area contributed by atoms with Gasteiger partial charge in [0.1, 0.15) is 4.92 Å². The lowest BCUT2D eigenvalue weighted by atomic mass is 10.2. The third kappa shape index (κ3) is 3.47. The molecule has 2 N–H and O–H groups in total. The molecular formula is C10H14N2O5S. The zero-order valence-corrected chi connectivity index (χ0v) is 10.8. The minimum atomic E-state index is -0.710. The van der Waals surface area contributed by atoms with Gasteiger partial charge in [-0.3, -0.25) is 14.9 Å². The first kappa shape index (κ1) is 14.5. The van der Waals surface area contributed by atoms with Crippen LogP contribution >= 0.6 is 11.8 Å². The maximum atomic E-state index is 11.7. The van der Waals surface area contributed by atoms with Gasteiger partial charge in [-0.05, 0) is 19.2 Å². The van der Waals surface area contributed by atoms with Crippen molar-refractivity contribution >= 4 is 23.6 Å². The molecule has 0 radical (unpaired) electrons. The van der Waals surface area contributed by atoms with Gasteiger partial charge in [0, 0.05) is 11.3 Å². The fourth-order valence-corrected chi connectivity index (χ4v) is 1.98. The zero-order valence-electron chi connectivity index (χ0n) is 9.95. The molecule has 0 spiro atoms. The molecule has 100 valence electrons. The number of hydrogen-bond donors (Lipinski definition) is 2. The van der Waals surface area contributed by atoms with Crippen LogP contribution in [0.4, 0.5) is 5.88 Å². The minimum absolute atomic E-state index is 0.0685. The fraction of sp³-hybridized carbons (Fsp3) is 0.500. The van der Waals surface area contributed by atoms with Gasteiger partial charge in [-0.1, -0.05) is 0 Å². The van der Waals surface area contributed by atoms with Gasteiger partial charge in [-0.15, -0.1) is 0 Å². The lowest BCUT2D eigenvalue weighted by molar-refractivity contribution is -0.402. The number of hydrogen-bond acceptors (Lipinski definition) is 6. The number of aliphatic hydroxyl groups is 1. The van der Waals surface area contributed by atoms with E-state index in [9.17, 15) is 14.9 Å². The molecule has 8 heteroatoms. The Balaban J connectivity index is 2.67. The first-order valence-corrected chi connectivity index (χ1v) is 6.47. The summed E-state index contributed by atoms with van der Waals surface area (Å²) in [6, 6.07) is 2.09. The Morgan fingerprint density at radius 1 is 1.67 bits per heavy atom. The van der Waals surface area contributed by atoms with Crippen molar-refractivity contribution in [2.24, 2.45) is 0 Å². The number of carbonyl (C=O) groups is 1. The van der Waals surface area contributed by atoms with Crippen LogP contribution < -0.4 is 5.32 Å². The van der Waals surface area contributed by atoms with Crippen LogP contribution in [0.3, 0.4) is 0 Å². The summed E-state index contributed by atoms with van der Waals surface area (Å²) in [4.78, 5) is 21.4. The molecule has 1 amide bonds. The van der Waals surface area contributed by atoms with E-state index in [0.29, 0.717) is 0 Å². The maximum Gasteiger partial charge on any atom is 0.433 e. The summed E-state index contributed by atoms with van der Waals surface area (Å²) in [5, 5.41) is 21.9. The molecule has 7 nitrogen and oxygen atoms in total. The Bertz CT molecular complexity index is 430. The Morgan fingerprint density at radius 2 is 2.33 bits per heavy atom. The molecule has 1 aromatic rings. The van der Waals surface area contributed by atoms with E-state index in [1.165, 1.54) is 17.8 Å². The lowest BCUT2D eigenvalue weighted by Crippen LogP contribution is -2.41. The van der Waals surface area contributed by atoms with E-state index in [0.717, 1.165) is 6.07 Å². The van der Waals surface area contributed by atoms with Gasteiger partial charge in [0.25, 0.3) is 5.91 Å². The Hall–Kier alpha value is -1.54. The van der Waals surface area contributed by atoms with Crippen molar-refractivity contribution in [3.8, 4) is 0 Å². The fourth-order valence-electron chi connectivity index (χ4n) is 1.36. The average molecular weight is 274 g/mol. The number of carbonyl (C=O) groups excluding carboxylic acids is 1. The third-order valence-electron chi connectivity index (χ3n) is 2.39. The number of rotatable bonds is 6. The number of nitro groups is 1. The third-order valence-corrected chi connectivity index (χ3v) is 3.56. The van der Waals surface area contributed by atoms with E-state index in [2.05, 4.69) is 5.32 Å². The van der Waals surface area contributed by atoms with Gasteiger partial charge in [-0.2, -0.15) is 11.8 Å². The van der Waals surface area contributed by atoms with Crippen LogP contribution in [-0.4, -0.2) is 40.1 Å². The number of thioether (sulfide) groups is 1. The maximum absolute atomic E-state index is 11.7. The van der Waals surface area contributed by atoms with Crippen LogP contribution in [0.15, 0.2) is 16.5 Å². The molecule has 2 unspecified atom stereocenters. The van der Waals surface area contributed by atoms with Crippen molar-refractivity contribution in [3.63, 3.8) is 0 Å². The van der Waals surface area contributed by atoms with Gasteiger partial charge in [-0.25, -0.2) is 0 Å². The first-order chi connectivity index (χ1) is 8.49. The monoisotopic (exact) mass is 274 g/mol. The number of furan rings is 1. The van der Waals surface area contributed by atoms with E-state index in [1.54, 1.807) is 6.92 Å². The zero-order chi connectivity index (χ0) is 13.7. The molecule has 1 heterocycles. The largest absolute Gasteiger partial charge is 0.433 e. The Kier molecular flexibility index (Phi) is 5.17. The standard InChI is InChI=1S/C10H14N2O5S/c1-6(8(5-13)18-2)11-10(14)7-3-4-9(17-7)12(15)16/h3-4,6,8,13H,5H2,1-2H3,(H,11,14). The summed E-state index contributed by atoms with van der Waals surface area (Å²) < 4.78 is 4.77. The van der Waals surface area contributed by atoms with Gasteiger partial charge >= 0.3 is 5.88 Å². The Morgan fingerprint density at radius 3 is 2.78 bits per heavy atom. The molecule has 1 aromatic heterocycles. The van der Waals surface area contributed by atoms with E-state index in [1.807, 2.05) is 6.26 Å². The summed E-state index contributed by atoms with van der Waals surface area (Å²) in [5.41, 5.74) is 0. The first-order valence-electron chi connectivity index (χ1n) is 5.18. The summed E-state index contributed by atoms with van der Waals surface area (Å²) in [6.45, 7) is 1.67. The highest BCUT2D eigenvalue weighted by Gasteiger charge is 2.21. The van der Waals surface area contributed by atoms with Gasteiger partial charge < -0.3 is 14.8 Å². The molecule has 2 atom stereocenters. The normalized spacial score (nSPS) is 13.9. The van der Waals surface area contributed by atoms with Crippen molar-refractivity contribution in [3.05, 3.63) is 28.0 Å². The van der Waals surface area contributed by atoms with Gasteiger partial charge in [0.2, 0.25) is 0 Å². The molecule has 0 saturated carbocycles. The van der Waals surface area contributed by atoms with E-state index < -0.39 is 16.7 Å². The summed E-state index contributed by atoms with van der Waals surface area (Å²) in [6.07, 6.45) is 1.82. The quantitative estimate of drug-likeness (QED) is 0.593. The molecule has 0 aliphatic carbocycles. The summed E-state index contributed by atoms with van der Waals surface area (Å²) >= 11 is 1.42. The molecule has 18 heavy (non-hydrogen) atoms. The van der Waals surface area contributed by atoms with Crippen LogP contribution in [0.5, 0.6) is 0 Å². The second kappa shape index (κ2) is 6.41. The van der Waals surface area contributed by atoms with Crippen LogP contribution in [0, 0.1) is 10.1 Å². The van der Waals surface area contributed by atoms with Crippen molar-refractivity contribution in [1.82, 2.24) is 5.32 Å². The predicted octanol–water partition coefficient (Wildman–Crippen LogP) is 1.03. The molecule has 0 aromatic carbocycles. The highest BCUT2D eigenvalue weighted by Crippen LogP contribution is 2.16. The molecule has 0 aliphatic heterocycles. The molecular weight excluding hydrogens is 260 g/mol. The van der Waals surface area contributed by atoms with Crippen molar-refractivity contribution < 1.29 is 19.2 Å². The topological polar surface area (TPSA) is 106 Å². The smallest absolute Gasteiger partial charge is 0.395 e. The van der Waals surface area contributed by atoms with E-state index in [-0.39, 0.29) is 23.7 Å². The van der Waals surface area contributed by atoms with Crippen LogP contribution in [0.25, 0.3) is 0 Å². The SMILES string of the molecule is CSC(CO)C(C)NC(=O)c1ccc([N+](=O)[O-])o1. The average Bonchev–Trinajstić information content (AvgIpc) is 2.79. The predicted molar refractivity (Wildman–Crippen MR) is 66.7 cm³/mol. The van der Waals surface area contributed by atoms with Gasteiger partial charge in [0.05, 0.1) is 12.7 Å². The highest BCUT2D eigenvalue weighted by atomic mass is 32.2. The van der Waals surface area contributed by atoms with Crippen LogP contribution in [0.1, 0.15) is 17.5 Å². The summed E-state index contributed by atoms with van der Waals surface area (Å²) in [5.74, 6) is -1.13. The number of aliphatic hydroxyl groups excluding tert-OH is 1. The molecule has 0 fully saturated rings.